The molecule has 13 heteroatoms. The van der Waals surface area contributed by atoms with E-state index in [1.54, 1.807) is 0 Å². The summed E-state index contributed by atoms with van der Waals surface area (Å²) in [5.41, 5.74) is -0.370. The number of nitrogens with zero attached hydrogens (tertiary/aromatic N) is 5. The Labute approximate surface area is 174 Å². The van der Waals surface area contributed by atoms with Crippen LogP contribution in [0.5, 0.6) is 0 Å². The van der Waals surface area contributed by atoms with Crippen LogP contribution in [0.2, 0.25) is 5.02 Å². The Bertz CT molecular complexity index is 1060. The second-order valence-electron chi connectivity index (χ2n) is 5.95. The van der Waals surface area contributed by atoms with E-state index in [4.69, 9.17) is 11.6 Å². The van der Waals surface area contributed by atoms with Gasteiger partial charge in [0.15, 0.2) is 5.69 Å². The highest BCUT2D eigenvalue weighted by molar-refractivity contribution is 9.10. The smallest absolute Gasteiger partial charge is 0.292 e. The third-order valence-electron chi connectivity index (χ3n) is 3.83. The number of carbonyl (C=O) groups is 1. The number of amides is 1. The molecule has 0 fully saturated rings. The highest BCUT2D eigenvalue weighted by atomic mass is 79.9. The van der Waals surface area contributed by atoms with Gasteiger partial charge in [-0.1, -0.05) is 17.7 Å². The van der Waals surface area contributed by atoms with Crippen LogP contribution >= 0.6 is 27.5 Å². The zero-order valence-electron chi connectivity index (χ0n) is 14.6. The molecule has 7 nitrogen and oxygen atoms in total. The molecule has 3 aromatic rings. The number of nitrogens with one attached hydrogen (secondary N) is 1. The van der Waals surface area contributed by atoms with E-state index in [1.807, 2.05) is 0 Å². The van der Waals surface area contributed by atoms with Gasteiger partial charge in [-0.2, -0.15) is 18.3 Å². The van der Waals surface area contributed by atoms with Gasteiger partial charge in [-0.15, -0.1) is 5.10 Å². The summed E-state index contributed by atoms with van der Waals surface area (Å²) in [6.07, 6.45) is -3.32. The van der Waals surface area contributed by atoms with Crippen molar-refractivity contribution in [2.24, 2.45) is 0 Å². The summed E-state index contributed by atoms with van der Waals surface area (Å²) in [6, 6.07) is 3.91. The monoisotopic (exact) mass is 494 g/mol. The van der Waals surface area contributed by atoms with E-state index in [9.17, 15) is 22.4 Å². The second kappa shape index (κ2) is 8.11. The predicted molar refractivity (Wildman–Crippen MR) is 98.8 cm³/mol. The van der Waals surface area contributed by atoms with Crippen molar-refractivity contribution in [3.8, 4) is 0 Å². The number of hydrogen-bond acceptors (Lipinski definition) is 4. The van der Waals surface area contributed by atoms with Gasteiger partial charge in [0.05, 0.1) is 16.7 Å². The Morgan fingerprint density at radius 1 is 1.31 bits per heavy atom. The lowest BCUT2D eigenvalue weighted by atomic mass is 10.2. The van der Waals surface area contributed by atoms with Crippen molar-refractivity contribution < 1.29 is 22.4 Å². The molecule has 2 aromatic heterocycles. The van der Waals surface area contributed by atoms with Crippen molar-refractivity contribution in [1.82, 2.24) is 24.5 Å². The van der Waals surface area contributed by atoms with E-state index in [-0.39, 0.29) is 27.7 Å². The average molecular weight is 496 g/mol. The molecular weight excluding hydrogens is 484 g/mol. The molecule has 1 aromatic carbocycles. The number of alkyl halides is 3. The Kier molecular flexibility index (Phi) is 5.94. The van der Waals surface area contributed by atoms with E-state index in [2.05, 4.69) is 36.4 Å². The molecule has 0 unspecified atom stereocenters. The summed E-state index contributed by atoms with van der Waals surface area (Å²) in [7, 11) is 0. The number of halogens is 6. The first-order valence-electron chi connectivity index (χ1n) is 7.98. The van der Waals surface area contributed by atoms with Crippen LogP contribution in [0.1, 0.15) is 17.0 Å². The van der Waals surface area contributed by atoms with Gasteiger partial charge in [-0.05, 0) is 40.5 Å². The lowest BCUT2D eigenvalue weighted by Gasteiger charge is -2.05. The minimum absolute atomic E-state index is 0.0480. The molecule has 0 saturated heterocycles. The van der Waals surface area contributed by atoms with Crippen molar-refractivity contribution in [3.05, 3.63) is 56.8 Å². The number of benzene rings is 1. The molecule has 0 atom stereocenters. The minimum atomic E-state index is -4.65. The van der Waals surface area contributed by atoms with Crippen LogP contribution in [0.25, 0.3) is 0 Å². The van der Waals surface area contributed by atoms with Crippen LogP contribution in [-0.2, 0) is 24.1 Å². The van der Waals surface area contributed by atoms with E-state index in [0.29, 0.717) is 5.56 Å². The molecule has 0 saturated carbocycles. The first kappa shape index (κ1) is 21.2. The maximum atomic E-state index is 13.1. The quantitative estimate of drug-likeness (QED) is 0.542. The van der Waals surface area contributed by atoms with Gasteiger partial charge in [0.25, 0.3) is 0 Å². The van der Waals surface area contributed by atoms with Crippen molar-refractivity contribution in [2.45, 2.75) is 26.2 Å². The van der Waals surface area contributed by atoms with E-state index in [0.717, 1.165) is 10.7 Å². The minimum Gasteiger partial charge on any atom is -0.292 e. The van der Waals surface area contributed by atoms with Crippen LogP contribution in [0.15, 0.2) is 29.0 Å². The van der Waals surface area contributed by atoms with Gasteiger partial charge in [0, 0.05) is 5.02 Å². The lowest BCUT2D eigenvalue weighted by molar-refractivity contribution is -0.142. The Morgan fingerprint density at radius 3 is 2.66 bits per heavy atom. The molecule has 2 heterocycles. The molecular formula is C16H12BrClF4N6O. The maximum Gasteiger partial charge on any atom is 0.436 e. The standard InChI is InChI=1S/C16H12BrClF4N6O/c1-8-13(17)14(16(20,21)22)25-28(8)6-12(29)24-15-23-7-27(26-15)5-9-2-3-10(19)4-11(9)18/h2-4,7H,5-6H2,1H3,(H,24,26,29). The van der Waals surface area contributed by atoms with Crippen LogP contribution in [0.4, 0.5) is 23.5 Å². The van der Waals surface area contributed by atoms with E-state index in [1.165, 1.54) is 30.1 Å². The normalized spacial score (nSPS) is 11.7. The molecule has 29 heavy (non-hydrogen) atoms. The molecule has 0 aliphatic rings. The SMILES string of the molecule is Cc1c(Br)c(C(F)(F)F)nn1CC(=O)Nc1ncn(Cc2ccc(F)cc2Cl)n1. The van der Waals surface area contributed by atoms with Crippen LogP contribution < -0.4 is 5.32 Å². The topological polar surface area (TPSA) is 77.6 Å². The fourth-order valence-corrected chi connectivity index (χ4v) is 3.15. The second-order valence-corrected chi connectivity index (χ2v) is 7.15. The highest BCUT2D eigenvalue weighted by Crippen LogP contribution is 2.35. The van der Waals surface area contributed by atoms with Gasteiger partial charge in [0.1, 0.15) is 18.7 Å². The molecule has 1 N–H and O–H groups in total. The van der Waals surface area contributed by atoms with Crippen molar-refractivity contribution >= 4 is 39.4 Å². The molecule has 1 amide bonds. The summed E-state index contributed by atoms with van der Waals surface area (Å²) >= 11 is 8.80. The third kappa shape index (κ3) is 4.93. The summed E-state index contributed by atoms with van der Waals surface area (Å²) in [5, 5.41) is 10.1. The molecule has 0 aliphatic carbocycles. The number of aromatic nitrogens is 5. The van der Waals surface area contributed by atoms with Crippen molar-refractivity contribution in [2.75, 3.05) is 5.32 Å². The van der Waals surface area contributed by atoms with Crippen molar-refractivity contribution in [3.63, 3.8) is 0 Å². The maximum absolute atomic E-state index is 13.1. The zero-order valence-corrected chi connectivity index (χ0v) is 17.0. The molecule has 0 bridgehead atoms. The van der Waals surface area contributed by atoms with Crippen LogP contribution in [0, 0.1) is 12.7 Å². The molecule has 0 aliphatic heterocycles. The van der Waals surface area contributed by atoms with Crippen LogP contribution in [-0.4, -0.2) is 30.5 Å². The zero-order chi connectivity index (χ0) is 21.3. The highest BCUT2D eigenvalue weighted by Gasteiger charge is 2.38. The van der Waals surface area contributed by atoms with Gasteiger partial charge < -0.3 is 0 Å². The largest absolute Gasteiger partial charge is 0.436 e. The molecule has 0 radical (unpaired) electrons. The third-order valence-corrected chi connectivity index (χ3v) is 5.13. The van der Waals surface area contributed by atoms with Crippen molar-refractivity contribution in [1.29, 1.82) is 0 Å². The Hall–Kier alpha value is -2.47. The number of rotatable bonds is 5. The van der Waals surface area contributed by atoms with Gasteiger partial charge in [-0.25, -0.2) is 14.1 Å². The molecule has 0 spiro atoms. The summed E-state index contributed by atoms with van der Waals surface area (Å²) < 4.78 is 53.9. The van der Waals surface area contributed by atoms with Gasteiger partial charge in [0.2, 0.25) is 11.9 Å². The summed E-state index contributed by atoms with van der Waals surface area (Å²) in [4.78, 5) is 16.1. The van der Waals surface area contributed by atoms with Gasteiger partial charge >= 0.3 is 6.18 Å². The fourth-order valence-electron chi connectivity index (χ4n) is 2.41. The summed E-state index contributed by atoms with van der Waals surface area (Å²) in [5.74, 6) is -1.18. The van der Waals surface area contributed by atoms with E-state index >= 15 is 0 Å². The summed E-state index contributed by atoms with van der Waals surface area (Å²) in [6.45, 7) is 1.12. The lowest BCUT2D eigenvalue weighted by Crippen LogP contribution is -2.21. The number of carbonyl (C=O) groups excluding carboxylic acids is 1. The Morgan fingerprint density at radius 2 is 2.03 bits per heavy atom. The number of anilines is 1. The first-order chi connectivity index (χ1) is 13.5. The van der Waals surface area contributed by atoms with Crippen LogP contribution in [0.3, 0.4) is 0 Å². The van der Waals surface area contributed by atoms with E-state index < -0.39 is 30.1 Å². The Balaban J connectivity index is 1.66. The molecule has 3 rings (SSSR count). The fraction of sp³-hybridized carbons (Fsp3) is 0.250. The first-order valence-corrected chi connectivity index (χ1v) is 9.15. The number of hydrogen-bond donors (Lipinski definition) is 1. The average Bonchev–Trinajstić information content (AvgIpc) is 3.16. The van der Waals surface area contributed by atoms with Gasteiger partial charge in [-0.3, -0.25) is 14.8 Å². The molecule has 154 valence electrons. The predicted octanol–water partition coefficient (Wildman–Crippen LogP) is 4.04.